The monoisotopic (exact) mass is 317 g/mol. The summed E-state index contributed by atoms with van der Waals surface area (Å²) in [5.74, 6) is -0.234. The number of carbonyl (C=O) groups excluding carboxylic acids is 1. The minimum atomic E-state index is -0.234. The third-order valence-electron chi connectivity index (χ3n) is 2.48. The van der Waals surface area contributed by atoms with E-state index in [1.807, 2.05) is 13.0 Å². The molecule has 0 aliphatic rings. The van der Waals surface area contributed by atoms with Gasteiger partial charge in [0.05, 0.1) is 5.69 Å². The molecule has 8 heteroatoms. The zero-order valence-corrected chi connectivity index (χ0v) is 12.5. The Morgan fingerprint density at radius 3 is 2.80 bits per heavy atom. The van der Waals surface area contributed by atoms with Crippen LogP contribution in [0.4, 0.5) is 0 Å². The predicted octanol–water partition coefficient (Wildman–Crippen LogP) is 1.19. The Morgan fingerprint density at radius 1 is 1.45 bits per heavy atom. The van der Waals surface area contributed by atoms with Crippen molar-refractivity contribution in [1.29, 1.82) is 0 Å². The van der Waals surface area contributed by atoms with Crippen molar-refractivity contribution in [1.82, 2.24) is 20.1 Å². The molecule has 20 heavy (non-hydrogen) atoms. The van der Waals surface area contributed by atoms with E-state index < -0.39 is 0 Å². The Bertz CT molecular complexity index is 532. The van der Waals surface area contributed by atoms with Crippen LogP contribution in [-0.2, 0) is 0 Å². The molecule has 6 nitrogen and oxygen atoms in total. The highest BCUT2D eigenvalue weighted by atomic mass is 35.5. The van der Waals surface area contributed by atoms with E-state index >= 15 is 0 Å². The van der Waals surface area contributed by atoms with E-state index in [0.717, 1.165) is 5.69 Å². The van der Waals surface area contributed by atoms with Crippen LogP contribution in [0.5, 0.6) is 0 Å². The second-order valence-electron chi connectivity index (χ2n) is 3.96. The molecule has 0 radical (unpaired) electrons. The minimum Gasteiger partial charge on any atom is -0.347 e. The zero-order valence-electron chi connectivity index (χ0n) is 10.9. The molecule has 110 valence electrons. The molecular weight excluding hydrogens is 301 g/mol. The maximum atomic E-state index is 11.9. The van der Waals surface area contributed by atoms with Gasteiger partial charge in [-0.3, -0.25) is 9.78 Å². The van der Waals surface area contributed by atoms with Gasteiger partial charge < -0.3 is 11.1 Å². The molecule has 2 rings (SSSR count). The van der Waals surface area contributed by atoms with Gasteiger partial charge in [0, 0.05) is 31.2 Å². The quantitative estimate of drug-likeness (QED) is 0.886. The van der Waals surface area contributed by atoms with Gasteiger partial charge in [-0.2, -0.15) is 5.10 Å². The van der Waals surface area contributed by atoms with Crippen LogP contribution in [0.15, 0.2) is 36.8 Å². The van der Waals surface area contributed by atoms with Crippen molar-refractivity contribution >= 4 is 30.7 Å². The van der Waals surface area contributed by atoms with Crippen molar-refractivity contribution in [2.24, 2.45) is 5.73 Å². The highest BCUT2D eigenvalue weighted by Crippen LogP contribution is 2.07. The maximum Gasteiger partial charge on any atom is 0.270 e. The Labute approximate surface area is 129 Å². The summed E-state index contributed by atoms with van der Waals surface area (Å²) >= 11 is 0. The van der Waals surface area contributed by atoms with Crippen LogP contribution in [-0.4, -0.2) is 33.3 Å². The van der Waals surface area contributed by atoms with Crippen molar-refractivity contribution in [2.45, 2.75) is 13.0 Å². The molecule has 0 saturated carbocycles. The van der Waals surface area contributed by atoms with E-state index in [9.17, 15) is 4.79 Å². The predicted molar refractivity (Wildman–Crippen MR) is 81.8 cm³/mol. The number of carbonyl (C=O) groups is 1. The standard InChI is InChI=1S/C12H15N5O.2ClH/c1-9(8-13)16-12(18)11-7-10(3-5-14-11)17-6-2-4-15-17;;/h2-7,9H,8,13H2,1H3,(H,16,18);2*1H/t9-;;/m0../s1. The molecule has 0 aliphatic carbocycles. The Hall–Kier alpha value is -1.63. The van der Waals surface area contributed by atoms with E-state index in [2.05, 4.69) is 15.4 Å². The van der Waals surface area contributed by atoms with Crippen LogP contribution in [0, 0.1) is 0 Å². The molecule has 0 spiro atoms. The zero-order chi connectivity index (χ0) is 13.0. The summed E-state index contributed by atoms with van der Waals surface area (Å²) in [7, 11) is 0. The maximum absolute atomic E-state index is 11.9. The van der Waals surface area contributed by atoms with Crippen LogP contribution in [0.3, 0.4) is 0 Å². The number of nitrogens with one attached hydrogen (secondary N) is 1. The molecule has 2 heterocycles. The normalized spacial score (nSPS) is 10.9. The molecule has 0 fully saturated rings. The second-order valence-corrected chi connectivity index (χ2v) is 3.96. The van der Waals surface area contributed by atoms with E-state index in [0.29, 0.717) is 12.2 Å². The molecule has 2 aromatic rings. The van der Waals surface area contributed by atoms with Crippen LogP contribution in [0.25, 0.3) is 5.69 Å². The van der Waals surface area contributed by atoms with Crippen molar-refractivity contribution < 1.29 is 4.79 Å². The average Bonchev–Trinajstić information content (AvgIpc) is 2.92. The lowest BCUT2D eigenvalue weighted by Crippen LogP contribution is -2.38. The summed E-state index contributed by atoms with van der Waals surface area (Å²) in [5.41, 5.74) is 6.60. The minimum absolute atomic E-state index is 0. The summed E-state index contributed by atoms with van der Waals surface area (Å²) in [4.78, 5) is 15.9. The van der Waals surface area contributed by atoms with Gasteiger partial charge >= 0.3 is 0 Å². The number of halogens is 2. The molecule has 0 aromatic carbocycles. The first-order valence-electron chi connectivity index (χ1n) is 5.67. The highest BCUT2D eigenvalue weighted by molar-refractivity contribution is 5.92. The average molecular weight is 318 g/mol. The lowest BCUT2D eigenvalue weighted by molar-refractivity contribution is 0.0936. The van der Waals surface area contributed by atoms with Gasteiger partial charge in [0.2, 0.25) is 0 Å². The van der Waals surface area contributed by atoms with Gasteiger partial charge in [-0.25, -0.2) is 4.68 Å². The van der Waals surface area contributed by atoms with Crippen LogP contribution < -0.4 is 11.1 Å². The van der Waals surface area contributed by atoms with E-state index in [-0.39, 0.29) is 36.8 Å². The Balaban J connectivity index is 0.00000180. The van der Waals surface area contributed by atoms with Crippen molar-refractivity contribution in [2.75, 3.05) is 6.54 Å². The Kier molecular flexibility index (Phi) is 7.83. The number of aromatic nitrogens is 3. The van der Waals surface area contributed by atoms with Gasteiger partial charge in [-0.1, -0.05) is 0 Å². The summed E-state index contributed by atoms with van der Waals surface area (Å²) in [5, 5.41) is 6.86. The van der Waals surface area contributed by atoms with E-state index in [4.69, 9.17) is 5.73 Å². The SMILES string of the molecule is C[C@@H](CN)NC(=O)c1cc(-n2cccn2)ccn1.Cl.Cl. The van der Waals surface area contributed by atoms with Crippen LogP contribution in [0.1, 0.15) is 17.4 Å². The number of pyridine rings is 1. The fourth-order valence-corrected chi connectivity index (χ4v) is 1.46. The number of rotatable bonds is 4. The molecular formula is C12H17Cl2N5O. The van der Waals surface area contributed by atoms with Gasteiger partial charge in [0.15, 0.2) is 0 Å². The molecule has 2 aromatic heterocycles. The number of nitrogens with two attached hydrogens (primary N) is 1. The molecule has 1 amide bonds. The molecule has 0 bridgehead atoms. The van der Waals surface area contributed by atoms with Crippen LogP contribution in [0.2, 0.25) is 0 Å². The smallest absolute Gasteiger partial charge is 0.270 e. The Morgan fingerprint density at radius 2 is 2.20 bits per heavy atom. The van der Waals surface area contributed by atoms with Gasteiger partial charge in [-0.05, 0) is 25.1 Å². The molecule has 0 unspecified atom stereocenters. The highest BCUT2D eigenvalue weighted by Gasteiger charge is 2.10. The largest absolute Gasteiger partial charge is 0.347 e. The van der Waals surface area contributed by atoms with Gasteiger partial charge in [0.1, 0.15) is 5.69 Å². The summed E-state index contributed by atoms with van der Waals surface area (Å²) in [6, 6.07) is 5.21. The summed E-state index contributed by atoms with van der Waals surface area (Å²) < 4.78 is 1.67. The molecule has 1 atom stereocenters. The summed E-state index contributed by atoms with van der Waals surface area (Å²) in [6.45, 7) is 2.24. The van der Waals surface area contributed by atoms with Crippen molar-refractivity contribution in [3.63, 3.8) is 0 Å². The fraction of sp³-hybridized carbons (Fsp3) is 0.250. The second kappa shape index (κ2) is 8.52. The third kappa shape index (κ3) is 4.48. The lowest BCUT2D eigenvalue weighted by Gasteiger charge is -2.11. The van der Waals surface area contributed by atoms with E-state index in [1.165, 1.54) is 0 Å². The molecule has 0 saturated heterocycles. The number of hydrogen-bond acceptors (Lipinski definition) is 4. The molecule has 3 N–H and O–H groups in total. The van der Waals surface area contributed by atoms with Crippen LogP contribution >= 0.6 is 24.8 Å². The van der Waals surface area contributed by atoms with Gasteiger partial charge in [0.25, 0.3) is 5.91 Å². The first-order valence-corrected chi connectivity index (χ1v) is 5.67. The first-order chi connectivity index (χ1) is 8.70. The molecule has 0 aliphatic heterocycles. The third-order valence-corrected chi connectivity index (χ3v) is 2.48. The topological polar surface area (TPSA) is 85.8 Å². The lowest BCUT2D eigenvalue weighted by atomic mass is 10.2. The fourth-order valence-electron chi connectivity index (χ4n) is 1.46. The van der Waals surface area contributed by atoms with Crippen molar-refractivity contribution in [3.05, 3.63) is 42.5 Å². The van der Waals surface area contributed by atoms with Gasteiger partial charge in [-0.15, -0.1) is 24.8 Å². The van der Waals surface area contributed by atoms with Crippen molar-refractivity contribution in [3.8, 4) is 5.69 Å². The number of nitrogens with zero attached hydrogens (tertiary/aromatic N) is 3. The number of amides is 1. The summed E-state index contributed by atoms with van der Waals surface area (Å²) in [6.07, 6.45) is 5.06. The van der Waals surface area contributed by atoms with E-state index in [1.54, 1.807) is 35.4 Å². The number of hydrogen-bond donors (Lipinski definition) is 2. The first kappa shape index (κ1) is 18.4.